The number of carbonyl (C=O) groups excluding carboxylic acids is 2. The molecule has 0 bridgehead atoms. The molecule has 0 saturated carbocycles. The summed E-state index contributed by atoms with van der Waals surface area (Å²) in [7, 11) is 0. The van der Waals surface area contributed by atoms with Crippen LogP contribution in [-0.4, -0.2) is 67.5 Å². The third-order valence-corrected chi connectivity index (χ3v) is 5.15. The number of amides is 2. The van der Waals surface area contributed by atoms with Gasteiger partial charge in [-0.1, -0.05) is 11.6 Å². The second kappa shape index (κ2) is 8.73. The standard InChI is InChI=1S/C19H26ClN3O3/c1-2-21-18(24)12-22-6-3-7-23(9-8-22)19(25)15-10-14-11-16(20)4-5-17(14)26-13-15/h4-5,11,15H,2-3,6-10,12-13H2,1H3,(H,21,24). The summed E-state index contributed by atoms with van der Waals surface area (Å²) in [5.74, 6) is 0.829. The summed E-state index contributed by atoms with van der Waals surface area (Å²) >= 11 is 6.07. The maximum absolute atomic E-state index is 12.9. The first-order chi connectivity index (χ1) is 12.6. The van der Waals surface area contributed by atoms with E-state index in [9.17, 15) is 9.59 Å². The minimum Gasteiger partial charge on any atom is -0.492 e. The molecule has 0 aromatic heterocycles. The molecule has 1 N–H and O–H groups in total. The molecule has 1 aromatic rings. The lowest BCUT2D eigenvalue weighted by Crippen LogP contribution is -2.43. The SMILES string of the molecule is CCNC(=O)CN1CCCN(C(=O)C2COc3ccc(Cl)cc3C2)CC1. The smallest absolute Gasteiger partial charge is 0.234 e. The topological polar surface area (TPSA) is 61.9 Å². The Hall–Kier alpha value is -1.79. The Labute approximate surface area is 159 Å². The second-order valence-corrected chi connectivity index (χ2v) is 7.31. The van der Waals surface area contributed by atoms with Crippen LogP contribution in [0.1, 0.15) is 18.9 Å². The second-order valence-electron chi connectivity index (χ2n) is 6.87. The van der Waals surface area contributed by atoms with Crippen molar-refractivity contribution >= 4 is 23.4 Å². The third-order valence-electron chi connectivity index (χ3n) is 4.92. The Bertz CT molecular complexity index is 667. The summed E-state index contributed by atoms with van der Waals surface area (Å²) in [6, 6.07) is 5.55. The van der Waals surface area contributed by atoms with E-state index in [-0.39, 0.29) is 17.7 Å². The zero-order chi connectivity index (χ0) is 18.5. The van der Waals surface area contributed by atoms with Crippen LogP contribution in [0.3, 0.4) is 0 Å². The largest absolute Gasteiger partial charge is 0.492 e. The molecule has 0 radical (unpaired) electrons. The van der Waals surface area contributed by atoms with Gasteiger partial charge >= 0.3 is 0 Å². The normalized spacial score (nSPS) is 20.7. The Morgan fingerprint density at radius 1 is 1.27 bits per heavy atom. The van der Waals surface area contributed by atoms with Crippen molar-refractivity contribution in [3.63, 3.8) is 0 Å². The first-order valence-electron chi connectivity index (χ1n) is 9.26. The van der Waals surface area contributed by atoms with Gasteiger partial charge in [-0.3, -0.25) is 14.5 Å². The molecule has 0 aliphatic carbocycles. The van der Waals surface area contributed by atoms with Gasteiger partial charge in [0.25, 0.3) is 0 Å². The zero-order valence-corrected chi connectivity index (χ0v) is 15.9. The van der Waals surface area contributed by atoms with E-state index in [2.05, 4.69) is 10.2 Å². The van der Waals surface area contributed by atoms with Crippen molar-refractivity contribution < 1.29 is 14.3 Å². The van der Waals surface area contributed by atoms with Gasteiger partial charge in [-0.25, -0.2) is 0 Å². The number of rotatable bonds is 4. The molecule has 1 unspecified atom stereocenters. The van der Waals surface area contributed by atoms with Crippen LogP contribution in [-0.2, 0) is 16.0 Å². The number of carbonyl (C=O) groups is 2. The number of ether oxygens (including phenoxy) is 1. The summed E-state index contributed by atoms with van der Waals surface area (Å²) in [5.41, 5.74) is 0.995. The van der Waals surface area contributed by atoms with Crippen LogP contribution in [0, 0.1) is 5.92 Å². The average molecular weight is 380 g/mol. The molecule has 7 heteroatoms. The van der Waals surface area contributed by atoms with E-state index in [0.29, 0.717) is 37.7 Å². The molecule has 2 aliphatic rings. The number of hydrogen-bond acceptors (Lipinski definition) is 4. The third kappa shape index (κ3) is 4.68. The number of benzene rings is 1. The lowest BCUT2D eigenvalue weighted by atomic mass is 9.95. The Morgan fingerprint density at radius 3 is 2.92 bits per heavy atom. The lowest BCUT2D eigenvalue weighted by Gasteiger charge is -2.30. The first kappa shape index (κ1) is 19.0. The minimum atomic E-state index is -0.170. The van der Waals surface area contributed by atoms with Crippen LogP contribution >= 0.6 is 11.6 Å². The van der Waals surface area contributed by atoms with Gasteiger partial charge in [0.2, 0.25) is 11.8 Å². The van der Waals surface area contributed by atoms with Crippen molar-refractivity contribution in [3.05, 3.63) is 28.8 Å². The molecule has 3 rings (SSSR count). The Kier molecular flexibility index (Phi) is 6.38. The van der Waals surface area contributed by atoms with E-state index in [1.54, 1.807) is 6.07 Å². The predicted molar refractivity (Wildman–Crippen MR) is 100 cm³/mol. The summed E-state index contributed by atoms with van der Waals surface area (Å²) in [4.78, 5) is 28.8. The van der Waals surface area contributed by atoms with E-state index in [1.165, 1.54) is 0 Å². The molecule has 1 aromatic carbocycles. The maximum Gasteiger partial charge on any atom is 0.234 e. The Morgan fingerprint density at radius 2 is 2.12 bits per heavy atom. The maximum atomic E-state index is 12.9. The molecule has 26 heavy (non-hydrogen) atoms. The molecule has 1 fully saturated rings. The van der Waals surface area contributed by atoms with E-state index in [0.717, 1.165) is 37.4 Å². The molecule has 0 spiro atoms. The van der Waals surface area contributed by atoms with Crippen LogP contribution in [0.15, 0.2) is 18.2 Å². The highest BCUT2D eigenvalue weighted by Gasteiger charge is 2.30. The number of fused-ring (bicyclic) bond motifs is 1. The van der Waals surface area contributed by atoms with Gasteiger partial charge < -0.3 is 15.0 Å². The highest BCUT2D eigenvalue weighted by Crippen LogP contribution is 2.30. The van der Waals surface area contributed by atoms with Crippen LogP contribution in [0.25, 0.3) is 0 Å². The average Bonchev–Trinajstić information content (AvgIpc) is 2.86. The van der Waals surface area contributed by atoms with Gasteiger partial charge in [0, 0.05) is 37.7 Å². The summed E-state index contributed by atoms with van der Waals surface area (Å²) in [5, 5.41) is 3.49. The van der Waals surface area contributed by atoms with Crippen molar-refractivity contribution in [2.24, 2.45) is 5.92 Å². The van der Waals surface area contributed by atoms with E-state index in [4.69, 9.17) is 16.3 Å². The van der Waals surface area contributed by atoms with Gasteiger partial charge in [0.15, 0.2) is 0 Å². The molecule has 6 nitrogen and oxygen atoms in total. The highest BCUT2D eigenvalue weighted by atomic mass is 35.5. The molecule has 142 valence electrons. The Balaban J connectivity index is 1.56. The van der Waals surface area contributed by atoms with Crippen LogP contribution < -0.4 is 10.1 Å². The number of nitrogens with zero attached hydrogens (tertiary/aromatic N) is 2. The van der Waals surface area contributed by atoms with Crippen molar-refractivity contribution in [1.29, 1.82) is 0 Å². The molecule has 2 heterocycles. The van der Waals surface area contributed by atoms with Crippen LogP contribution in [0.2, 0.25) is 5.02 Å². The van der Waals surface area contributed by atoms with Crippen molar-refractivity contribution in [1.82, 2.24) is 15.1 Å². The molecular formula is C19H26ClN3O3. The minimum absolute atomic E-state index is 0.0430. The first-order valence-corrected chi connectivity index (χ1v) is 9.63. The van der Waals surface area contributed by atoms with Crippen molar-refractivity contribution in [2.75, 3.05) is 45.9 Å². The van der Waals surface area contributed by atoms with Gasteiger partial charge in [-0.15, -0.1) is 0 Å². The molecule has 2 amide bonds. The summed E-state index contributed by atoms with van der Waals surface area (Å²) in [6.07, 6.45) is 1.54. The molecular weight excluding hydrogens is 354 g/mol. The van der Waals surface area contributed by atoms with Crippen LogP contribution in [0.5, 0.6) is 5.75 Å². The quantitative estimate of drug-likeness (QED) is 0.862. The fourth-order valence-electron chi connectivity index (χ4n) is 3.59. The van der Waals surface area contributed by atoms with Crippen molar-refractivity contribution in [3.8, 4) is 5.75 Å². The van der Waals surface area contributed by atoms with Gasteiger partial charge in [-0.05, 0) is 43.5 Å². The highest BCUT2D eigenvalue weighted by molar-refractivity contribution is 6.30. The summed E-state index contributed by atoms with van der Waals surface area (Å²) < 4.78 is 5.77. The fraction of sp³-hybridized carbons (Fsp3) is 0.579. The summed E-state index contributed by atoms with van der Waals surface area (Å²) in [6.45, 7) is 6.30. The van der Waals surface area contributed by atoms with E-state index >= 15 is 0 Å². The number of likely N-dealkylation sites (N-methyl/N-ethyl adjacent to an activating group) is 1. The monoisotopic (exact) mass is 379 g/mol. The van der Waals surface area contributed by atoms with Crippen molar-refractivity contribution in [2.45, 2.75) is 19.8 Å². The zero-order valence-electron chi connectivity index (χ0n) is 15.2. The van der Waals surface area contributed by atoms with Gasteiger partial charge in [0.1, 0.15) is 12.4 Å². The van der Waals surface area contributed by atoms with Crippen LogP contribution in [0.4, 0.5) is 0 Å². The predicted octanol–water partition coefficient (Wildman–Crippen LogP) is 1.56. The molecule has 1 saturated heterocycles. The van der Waals surface area contributed by atoms with E-state index in [1.807, 2.05) is 24.0 Å². The number of halogens is 1. The van der Waals surface area contributed by atoms with Gasteiger partial charge in [0.05, 0.1) is 12.5 Å². The van der Waals surface area contributed by atoms with E-state index < -0.39 is 0 Å². The fourth-order valence-corrected chi connectivity index (χ4v) is 3.78. The molecule has 2 aliphatic heterocycles. The number of nitrogens with one attached hydrogen (secondary N) is 1. The van der Waals surface area contributed by atoms with Gasteiger partial charge in [-0.2, -0.15) is 0 Å². The number of hydrogen-bond donors (Lipinski definition) is 1. The molecule has 1 atom stereocenters. The lowest BCUT2D eigenvalue weighted by molar-refractivity contribution is -0.136.